The van der Waals surface area contributed by atoms with E-state index >= 15 is 0 Å². The van der Waals surface area contributed by atoms with E-state index in [0.29, 0.717) is 5.56 Å². The third-order valence-corrected chi connectivity index (χ3v) is 2.73. The summed E-state index contributed by atoms with van der Waals surface area (Å²) in [6.45, 7) is 1.50. The molecule has 2 aromatic rings. The van der Waals surface area contributed by atoms with Gasteiger partial charge in [-0.3, -0.25) is 20.2 Å². The highest BCUT2D eigenvalue weighted by Crippen LogP contribution is 2.34. The van der Waals surface area contributed by atoms with E-state index < -0.39 is 21.4 Å². The molecule has 0 aromatic heterocycles. The Labute approximate surface area is 117 Å². The van der Waals surface area contributed by atoms with Crippen molar-refractivity contribution in [1.29, 1.82) is 0 Å². The minimum absolute atomic E-state index is 0.101. The lowest BCUT2D eigenvalue weighted by atomic mass is 10.2. The predicted molar refractivity (Wildman–Crippen MR) is 71.0 cm³/mol. The Morgan fingerprint density at radius 2 is 1.81 bits per heavy atom. The van der Waals surface area contributed by atoms with E-state index in [1.54, 1.807) is 0 Å². The van der Waals surface area contributed by atoms with E-state index in [9.17, 15) is 24.6 Å². The number of para-hydroxylation sites is 1. The minimum atomic E-state index is -1.02. The van der Waals surface area contributed by atoms with E-state index in [4.69, 9.17) is 4.74 Å². The molecule has 21 heavy (non-hydrogen) atoms. The molecule has 7 nitrogen and oxygen atoms in total. The first-order valence-corrected chi connectivity index (χ1v) is 5.76. The van der Waals surface area contributed by atoms with Crippen molar-refractivity contribution in [3.63, 3.8) is 0 Å². The smallest absolute Gasteiger partial charge is 0.346 e. The second kappa shape index (κ2) is 5.53. The normalized spacial score (nSPS) is 10.2. The van der Waals surface area contributed by atoms with Crippen molar-refractivity contribution < 1.29 is 19.0 Å². The molecule has 2 rings (SSSR count). The van der Waals surface area contributed by atoms with Crippen molar-refractivity contribution in [1.82, 2.24) is 0 Å². The van der Waals surface area contributed by atoms with Gasteiger partial charge in [0.15, 0.2) is 0 Å². The van der Waals surface area contributed by atoms with Crippen LogP contribution in [0, 0.1) is 33.0 Å². The van der Waals surface area contributed by atoms with Gasteiger partial charge in [0, 0.05) is 11.6 Å². The molecule has 0 saturated carbocycles. The number of rotatable bonds is 4. The van der Waals surface area contributed by atoms with Crippen molar-refractivity contribution in [2.45, 2.75) is 6.92 Å². The van der Waals surface area contributed by atoms with Crippen LogP contribution >= 0.6 is 0 Å². The lowest BCUT2D eigenvalue weighted by Crippen LogP contribution is -1.97. The third-order valence-electron chi connectivity index (χ3n) is 2.73. The lowest BCUT2D eigenvalue weighted by molar-refractivity contribution is -0.388. The Hall–Kier alpha value is -3.03. The Kier molecular flexibility index (Phi) is 3.79. The average molecular weight is 292 g/mol. The third kappa shape index (κ3) is 2.94. The van der Waals surface area contributed by atoms with Gasteiger partial charge < -0.3 is 4.74 Å². The highest BCUT2D eigenvalue weighted by atomic mass is 19.1. The number of ether oxygens (including phenoxy) is 1. The molecule has 0 heterocycles. The summed E-state index contributed by atoms with van der Waals surface area (Å²) in [5, 5.41) is 21.5. The van der Waals surface area contributed by atoms with Gasteiger partial charge in [-0.15, -0.1) is 0 Å². The van der Waals surface area contributed by atoms with Gasteiger partial charge >= 0.3 is 5.69 Å². The van der Waals surface area contributed by atoms with Gasteiger partial charge in [-0.1, -0.05) is 6.07 Å². The zero-order valence-corrected chi connectivity index (χ0v) is 10.8. The molecule has 0 radical (unpaired) electrons. The number of aryl methyl sites for hydroxylation is 1. The van der Waals surface area contributed by atoms with Gasteiger partial charge in [-0.2, -0.15) is 4.39 Å². The number of nitrogens with zero attached hydrogens (tertiary/aromatic N) is 2. The summed E-state index contributed by atoms with van der Waals surface area (Å²) in [5.41, 5.74) is -0.554. The summed E-state index contributed by atoms with van der Waals surface area (Å²) < 4.78 is 18.7. The van der Waals surface area contributed by atoms with Gasteiger partial charge in [0.25, 0.3) is 5.69 Å². The number of halogens is 1. The topological polar surface area (TPSA) is 95.5 Å². The number of hydrogen-bond donors (Lipinski definition) is 0. The van der Waals surface area contributed by atoms with Crippen LogP contribution in [0.2, 0.25) is 0 Å². The molecule has 8 heteroatoms. The Bertz CT molecular complexity index is 732. The van der Waals surface area contributed by atoms with Crippen LogP contribution in [0.3, 0.4) is 0 Å². The first kappa shape index (κ1) is 14.4. The molecule has 2 aromatic carbocycles. The van der Waals surface area contributed by atoms with Gasteiger partial charge in [-0.25, -0.2) is 0 Å². The van der Waals surface area contributed by atoms with E-state index in [1.807, 2.05) is 0 Å². The van der Waals surface area contributed by atoms with Crippen molar-refractivity contribution in [2.75, 3.05) is 0 Å². The number of nitro benzene ring substituents is 2. The summed E-state index contributed by atoms with van der Waals surface area (Å²) >= 11 is 0. The fourth-order valence-corrected chi connectivity index (χ4v) is 1.78. The first-order chi connectivity index (χ1) is 9.90. The van der Waals surface area contributed by atoms with Crippen LogP contribution in [0.4, 0.5) is 15.8 Å². The number of hydrogen-bond acceptors (Lipinski definition) is 5. The second-order valence-electron chi connectivity index (χ2n) is 4.15. The van der Waals surface area contributed by atoms with Crippen LogP contribution in [0.1, 0.15) is 5.56 Å². The summed E-state index contributed by atoms with van der Waals surface area (Å²) in [7, 11) is 0. The minimum Gasteiger partial charge on any atom is -0.450 e. The molecule has 0 fully saturated rings. The molecule has 0 aliphatic heterocycles. The molecular weight excluding hydrogens is 283 g/mol. The molecule has 0 aliphatic rings. The van der Waals surface area contributed by atoms with Crippen LogP contribution < -0.4 is 4.74 Å². The second-order valence-corrected chi connectivity index (χ2v) is 4.15. The van der Waals surface area contributed by atoms with Crippen molar-refractivity contribution >= 4 is 11.4 Å². The molecular formula is C13H9FN2O5. The quantitative estimate of drug-likeness (QED) is 0.631. The monoisotopic (exact) mass is 292 g/mol. The van der Waals surface area contributed by atoms with Crippen LogP contribution in [-0.2, 0) is 0 Å². The van der Waals surface area contributed by atoms with E-state index in [-0.39, 0.29) is 17.2 Å². The molecule has 0 aliphatic carbocycles. The van der Waals surface area contributed by atoms with Gasteiger partial charge in [0.1, 0.15) is 5.75 Å². The largest absolute Gasteiger partial charge is 0.450 e. The lowest BCUT2D eigenvalue weighted by Gasteiger charge is -2.07. The van der Waals surface area contributed by atoms with E-state index in [2.05, 4.69) is 0 Å². The molecule has 0 spiro atoms. The first-order valence-electron chi connectivity index (χ1n) is 5.76. The van der Waals surface area contributed by atoms with Gasteiger partial charge in [-0.05, 0) is 31.2 Å². The summed E-state index contributed by atoms with van der Waals surface area (Å²) in [5.74, 6) is -1.14. The maximum absolute atomic E-state index is 13.4. The standard InChI is InChI=1S/C13H9FN2O5/c1-8-7-9(5-6-11(8)15(17)18)21-12-4-2-3-10(14)13(12)16(19)20/h2-7H,1H3. The molecule has 0 N–H and O–H groups in total. The van der Waals surface area contributed by atoms with Gasteiger partial charge in [0.05, 0.1) is 9.85 Å². The number of nitro groups is 2. The molecule has 0 unspecified atom stereocenters. The van der Waals surface area contributed by atoms with Crippen LogP contribution in [-0.4, -0.2) is 9.85 Å². The summed E-state index contributed by atoms with van der Waals surface area (Å²) in [4.78, 5) is 20.1. The predicted octanol–water partition coefficient (Wildman–Crippen LogP) is 3.74. The molecule has 0 atom stereocenters. The Morgan fingerprint density at radius 3 is 2.38 bits per heavy atom. The molecule has 0 saturated heterocycles. The zero-order valence-electron chi connectivity index (χ0n) is 10.8. The zero-order chi connectivity index (χ0) is 15.6. The fourth-order valence-electron chi connectivity index (χ4n) is 1.78. The van der Waals surface area contributed by atoms with E-state index in [1.165, 1.54) is 37.3 Å². The van der Waals surface area contributed by atoms with Crippen molar-refractivity contribution in [2.24, 2.45) is 0 Å². The van der Waals surface area contributed by atoms with Crippen molar-refractivity contribution in [3.05, 3.63) is 68.0 Å². The maximum atomic E-state index is 13.4. The average Bonchev–Trinajstić information content (AvgIpc) is 2.37. The summed E-state index contributed by atoms with van der Waals surface area (Å²) in [6, 6.07) is 7.34. The fraction of sp³-hybridized carbons (Fsp3) is 0.0769. The maximum Gasteiger partial charge on any atom is 0.346 e. The van der Waals surface area contributed by atoms with Crippen LogP contribution in [0.25, 0.3) is 0 Å². The van der Waals surface area contributed by atoms with Gasteiger partial charge in [0.2, 0.25) is 11.6 Å². The number of benzene rings is 2. The molecule has 108 valence electrons. The molecule has 0 bridgehead atoms. The van der Waals surface area contributed by atoms with Crippen molar-refractivity contribution in [3.8, 4) is 11.5 Å². The summed E-state index contributed by atoms with van der Waals surface area (Å²) in [6.07, 6.45) is 0. The highest BCUT2D eigenvalue weighted by molar-refractivity contribution is 5.51. The van der Waals surface area contributed by atoms with Crippen LogP contribution in [0.15, 0.2) is 36.4 Å². The van der Waals surface area contributed by atoms with Crippen LogP contribution in [0.5, 0.6) is 11.5 Å². The Balaban J connectivity index is 2.39. The highest BCUT2D eigenvalue weighted by Gasteiger charge is 2.22. The Morgan fingerprint density at radius 1 is 1.10 bits per heavy atom. The van der Waals surface area contributed by atoms with E-state index in [0.717, 1.165) is 6.07 Å². The molecule has 0 amide bonds. The SMILES string of the molecule is Cc1cc(Oc2cccc(F)c2[N+](=O)[O-])ccc1[N+](=O)[O-].